The Morgan fingerprint density at radius 2 is 2.12 bits per heavy atom. The molecule has 2 aromatic heterocycles. The van der Waals surface area contributed by atoms with Crippen molar-refractivity contribution in [2.24, 2.45) is 0 Å². The zero-order chi connectivity index (χ0) is 16.5. The smallest absolute Gasteiger partial charge is 0.253 e. The van der Waals surface area contributed by atoms with Gasteiger partial charge in [0, 0.05) is 25.0 Å². The van der Waals surface area contributed by atoms with E-state index in [0.717, 1.165) is 11.1 Å². The Morgan fingerprint density at radius 1 is 1.25 bits per heavy atom. The molecular formula is C18H16N4O2. The fourth-order valence-corrected chi connectivity index (χ4v) is 3.04. The summed E-state index contributed by atoms with van der Waals surface area (Å²) in [6, 6.07) is 10.9. The number of hydrogen-bond acceptors (Lipinski definition) is 4. The van der Waals surface area contributed by atoms with Crippen LogP contribution in [0.1, 0.15) is 27.5 Å². The molecule has 4 rings (SSSR count). The number of carbonyl (C=O) groups excluding carboxylic acids is 1. The Hall–Kier alpha value is -2.99. The molecule has 2 heterocycles. The van der Waals surface area contributed by atoms with Gasteiger partial charge in [-0.2, -0.15) is 0 Å². The Labute approximate surface area is 138 Å². The monoisotopic (exact) mass is 320 g/mol. The number of carbonyl (C=O) groups is 1. The minimum absolute atomic E-state index is 0.250. The third-order valence-corrected chi connectivity index (χ3v) is 4.27. The molecule has 1 amide bonds. The predicted molar refractivity (Wildman–Crippen MR) is 87.7 cm³/mol. The summed E-state index contributed by atoms with van der Waals surface area (Å²) >= 11 is 0. The number of aliphatic hydroxyl groups excluding tert-OH is 1. The third-order valence-electron chi connectivity index (χ3n) is 4.27. The summed E-state index contributed by atoms with van der Waals surface area (Å²) in [4.78, 5) is 20.7. The van der Waals surface area contributed by atoms with E-state index in [1.165, 1.54) is 6.20 Å². The Bertz CT molecular complexity index is 859. The first-order valence-electron chi connectivity index (χ1n) is 7.73. The van der Waals surface area contributed by atoms with Gasteiger partial charge in [0.25, 0.3) is 5.91 Å². The summed E-state index contributed by atoms with van der Waals surface area (Å²) in [5.74, 6) is 0.440. The van der Waals surface area contributed by atoms with E-state index in [4.69, 9.17) is 0 Å². The van der Waals surface area contributed by atoms with Gasteiger partial charge in [0.2, 0.25) is 0 Å². The lowest BCUT2D eigenvalue weighted by atomic mass is 10.1. The fraction of sp³-hybridized carbons (Fsp3) is 0.167. The van der Waals surface area contributed by atoms with Gasteiger partial charge >= 0.3 is 0 Å². The number of amides is 1. The number of hydrogen-bond donors (Lipinski definition) is 2. The van der Waals surface area contributed by atoms with Crippen molar-refractivity contribution in [3.63, 3.8) is 0 Å². The summed E-state index contributed by atoms with van der Waals surface area (Å²) in [5, 5.41) is 13.1. The van der Waals surface area contributed by atoms with E-state index in [2.05, 4.69) is 15.3 Å². The van der Waals surface area contributed by atoms with Gasteiger partial charge in [-0.1, -0.05) is 24.3 Å². The molecule has 0 saturated heterocycles. The van der Waals surface area contributed by atoms with Gasteiger partial charge in [0.15, 0.2) is 0 Å². The lowest BCUT2D eigenvalue weighted by molar-refractivity contribution is 0.0858. The first-order valence-corrected chi connectivity index (χ1v) is 7.73. The Morgan fingerprint density at radius 3 is 2.88 bits per heavy atom. The van der Waals surface area contributed by atoms with E-state index in [1.807, 2.05) is 24.3 Å². The van der Waals surface area contributed by atoms with Crippen LogP contribution in [0.15, 0.2) is 61.3 Å². The van der Waals surface area contributed by atoms with Gasteiger partial charge < -0.3 is 10.4 Å². The van der Waals surface area contributed by atoms with Crippen molar-refractivity contribution in [3.8, 4) is 5.82 Å². The summed E-state index contributed by atoms with van der Waals surface area (Å²) < 4.78 is 1.76. The minimum Gasteiger partial charge on any atom is -0.390 e. The van der Waals surface area contributed by atoms with Crippen LogP contribution in [-0.4, -0.2) is 31.7 Å². The molecule has 0 unspecified atom stereocenters. The number of pyridine rings is 1. The molecule has 0 saturated carbocycles. The second kappa shape index (κ2) is 5.90. The van der Waals surface area contributed by atoms with Gasteiger partial charge in [0.1, 0.15) is 12.1 Å². The maximum absolute atomic E-state index is 12.5. The maximum Gasteiger partial charge on any atom is 0.253 e. The number of aromatic nitrogens is 3. The fourth-order valence-electron chi connectivity index (χ4n) is 3.04. The van der Waals surface area contributed by atoms with Crippen molar-refractivity contribution < 1.29 is 9.90 Å². The molecule has 6 nitrogen and oxygen atoms in total. The zero-order valence-corrected chi connectivity index (χ0v) is 12.8. The third kappa shape index (κ3) is 2.57. The van der Waals surface area contributed by atoms with Gasteiger partial charge in [-0.25, -0.2) is 9.97 Å². The molecule has 0 bridgehead atoms. The minimum atomic E-state index is -0.607. The van der Waals surface area contributed by atoms with Crippen molar-refractivity contribution >= 4 is 5.91 Å². The van der Waals surface area contributed by atoms with E-state index >= 15 is 0 Å². The average molecular weight is 320 g/mol. The summed E-state index contributed by atoms with van der Waals surface area (Å²) in [7, 11) is 0. The number of benzene rings is 1. The Kier molecular flexibility index (Phi) is 3.59. The zero-order valence-electron chi connectivity index (χ0n) is 12.8. The van der Waals surface area contributed by atoms with Crippen molar-refractivity contribution in [2.45, 2.75) is 18.6 Å². The van der Waals surface area contributed by atoms with Crippen LogP contribution in [0.4, 0.5) is 0 Å². The summed E-state index contributed by atoms with van der Waals surface area (Å²) in [6.07, 6.45) is 6.57. The topological polar surface area (TPSA) is 80.0 Å². The number of aliphatic hydroxyl groups is 1. The molecular weight excluding hydrogens is 304 g/mol. The van der Waals surface area contributed by atoms with Crippen molar-refractivity contribution in [1.82, 2.24) is 19.9 Å². The molecule has 1 aliphatic carbocycles. The van der Waals surface area contributed by atoms with E-state index in [1.54, 1.807) is 35.4 Å². The standard InChI is InChI=1S/C18H16N4O2/c23-15-9-12-3-1-2-4-14(12)17(15)21-18(24)13-5-6-16(20-10-13)22-8-7-19-11-22/h1-8,10-11,15,17,23H,9H2,(H,21,24)/t15-,17+/m1/s1. The highest BCUT2D eigenvalue weighted by Crippen LogP contribution is 2.31. The van der Waals surface area contributed by atoms with E-state index in [0.29, 0.717) is 17.8 Å². The molecule has 3 aromatic rings. The molecule has 2 atom stereocenters. The number of nitrogens with one attached hydrogen (secondary N) is 1. The number of nitrogens with zero attached hydrogens (tertiary/aromatic N) is 3. The molecule has 24 heavy (non-hydrogen) atoms. The van der Waals surface area contributed by atoms with E-state index in [-0.39, 0.29) is 11.9 Å². The highest BCUT2D eigenvalue weighted by atomic mass is 16.3. The molecule has 0 radical (unpaired) electrons. The van der Waals surface area contributed by atoms with Crippen LogP contribution in [0.5, 0.6) is 0 Å². The normalized spacial score (nSPS) is 19.0. The van der Waals surface area contributed by atoms with Crippen LogP contribution in [-0.2, 0) is 6.42 Å². The van der Waals surface area contributed by atoms with Crippen LogP contribution >= 0.6 is 0 Å². The van der Waals surface area contributed by atoms with Gasteiger partial charge in [-0.15, -0.1) is 0 Å². The molecule has 2 N–H and O–H groups in total. The summed E-state index contributed by atoms with van der Waals surface area (Å²) in [6.45, 7) is 0. The van der Waals surface area contributed by atoms with Crippen molar-refractivity contribution in [1.29, 1.82) is 0 Å². The first kappa shape index (κ1) is 14.6. The number of imidazole rings is 1. The van der Waals surface area contributed by atoms with Gasteiger partial charge in [0.05, 0.1) is 17.7 Å². The quantitative estimate of drug-likeness (QED) is 0.769. The lowest BCUT2D eigenvalue weighted by Gasteiger charge is -2.18. The Balaban J connectivity index is 1.52. The van der Waals surface area contributed by atoms with Crippen LogP contribution in [0.25, 0.3) is 5.82 Å². The van der Waals surface area contributed by atoms with Crippen LogP contribution in [0.2, 0.25) is 0 Å². The second-order valence-corrected chi connectivity index (χ2v) is 5.80. The van der Waals surface area contributed by atoms with E-state index in [9.17, 15) is 9.90 Å². The van der Waals surface area contributed by atoms with Crippen LogP contribution < -0.4 is 5.32 Å². The molecule has 0 aliphatic heterocycles. The highest BCUT2D eigenvalue weighted by molar-refractivity contribution is 5.94. The largest absolute Gasteiger partial charge is 0.390 e. The molecule has 120 valence electrons. The van der Waals surface area contributed by atoms with Crippen molar-refractivity contribution in [3.05, 3.63) is 78.0 Å². The van der Waals surface area contributed by atoms with Crippen LogP contribution in [0.3, 0.4) is 0 Å². The molecule has 0 fully saturated rings. The summed E-state index contributed by atoms with van der Waals surface area (Å²) in [5.41, 5.74) is 2.50. The van der Waals surface area contributed by atoms with E-state index < -0.39 is 6.10 Å². The lowest BCUT2D eigenvalue weighted by Crippen LogP contribution is -2.33. The molecule has 0 spiro atoms. The first-order chi connectivity index (χ1) is 11.7. The molecule has 1 aliphatic rings. The second-order valence-electron chi connectivity index (χ2n) is 5.80. The predicted octanol–water partition coefficient (Wildman–Crippen LogP) is 1.66. The van der Waals surface area contributed by atoms with Gasteiger partial charge in [-0.3, -0.25) is 9.36 Å². The molecule has 6 heteroatoms. The number of fused-ring (bicyclic) bond motifs is 1. The van der Waals surface area contributed by atoms with Crippen molar-refractivity contribution in [2.75, 3.05) is 0 Å². The van der Waals surface area contributed by atoms with Crippen LogP contribution in [0, 0.1) is 0 Å². The number of rotatable bonds is 3. The average Bonchev–Trinajstić information content (AvgIpc) is 3.24. The van der Waals surface area contributed by atoms with Gasteiger partial charge in [-0.05, 0) is 23.3 Å². The SMILES string of the molecule is O=C(N[C@H]1c2ccccc2C[C@H]1O)c1ccc(-n2ccnc2)nc1. The molecule has 1 aromatic carbocycles. The maximum atomic E-state index is 12.5. The highest BCUT2D eigenvalue weighted by Gasteiger charge is 2.32.